The zero-order chi connectivity index (χ0) is 19.7. The van der Waals surface area contributed by atoms with Gasteiger partial charge in [0.2, 0.25) is 5.91 Å². The smallest absolute Gasteiger partial charge is 0.353 e. The van der Waals surface area contributed by atoms with Crippen molar-refractivity contribution in [3.05, 3.63) is 10.6 Å². The van der Waals surface area contributed by atoms with Gasteiger partial charge in [-0.2, -0.15) is 0 Å². The molecule has 0 unspecified atom stereocenters. The Balaban J connectivity index is 1.64. The predicted octanol–water partition coefficient (Wildman–Crippen LogP) is 2.53. The molecule has 2 saturated heterocycles. The Morgan fingerprint density at radius 1 is 1.33 bits per heavy atom. The average molecular weight is 397 g/mol. The van der Waals surface area contributed by atoms with Crippen LogP contribution >= 0.6 is 11.8 Å². The maximum Gasteiger partial charge on any atom is 0.353 e. The second-order valence-electron chi connectivity index (χ2n) is 8.16. The van der Waals surface area contributed by atoms with E-state index in [1.165, 1.54) is 30.6 Å². The number of aliphatic carboxylic acids is 1. The molecule has 0 saturated carbocycles. The monoisotopic (exact) mass is 396 g/mol. The number of carboxylic acid groups (broad SMARTS) is 1. The van der Waals surface area contributed by atoms with Crippen molar-refractivity contribution in [2.75, 3.05) is 19.6 Å². The molecule has 0 aromatic heterocycles. The van der Waals surface area contributed by atoms with Gasteiger partial charge in [-0.1, -0.05) is 33.1 Å². The molecule has 7 heteroatoms. The first kappa shape index (κ1) is 20.7. The van der Waals surface area contributed by atoms with Crippen molar-refractivity contribution in [2.24, 2.45) is 11.8 Å². The SMILES string of the molecule is CCCCCCN1CC[C@@H](SC2=C(C(=O)O)N3C(=O)[C@H]([C@@H](C)O)[C@H]3[C@H]2C)C1. The van der Waals surface area contributed by atoms with Crippen molar-refractivity contribution >= 4 is 23.6 Å². The van der Waals surface area contributed by atoms with E-state index in [1.807, 2.05) is 6.92 Å². The van der Waals surface area contributed by atoms with Crippen LogP contribution in [-0.2, 0) is 9.59 Å². The minimum absolute atomic E-state index is 0.0306. The largest absolute Gasteiger partial charge is 0.477 e. The van der Waals surface area contributed by atoms with Gasteiger partial charge in [0.05, 0.1) is 18.1 Å². The summed E-state index contributed by atoms with van der Waals surface area (Å²) in [6.07, 6.45) is 5.34. The molecule has 1 amide bonds. The normalized spacial score (nSPS) is 32.0. The van der Waals surface area contributed by atoms with Gasteiger partial charge in [-0.25, -0.2) is 4.79 Å². The predicted molar refractivity (Wildman–Crippen MR) is 106 cm³/mol. The van der Waals surface area contributed by atoms with Crippen LogP contribution in [0.1, 0.15) is 52.9 Å². The highest BCUT2D eigenvalue weighted by Crippen LogP contribution is 2.51. The fourth-order valence-corrected chi connectivity index (χ4v) is 6.24. The molecule has 6 nitrogen and oxygen atoms in total. The van der Waals surface area contributed by atoms with E-state index in [0.717, 1.165) is 31.0 Å². The van der Waals surface area contributed by atoms with E-state index in [1.54, 1.807) is 18.7 Å². The molecule has 3 aliphatic heterocycles. The number of amides is 1. The number of unbranched alkanes of at least 4 members (excludes halogenated alkanes) is 3. The number of aliphatic hydroxyl groups is 1. The van der Waals surface area contributed by atoms with E-state index < -0.39 is 18.0 Å². The minimum atomic E-state index is -1.03. The lowest BCUT2D eigenvalue weighted by atomic mass is 9.79. The molecular weight excluding hydrogens is 364 g/mol. The van der Waals surface area contributed by atoms with Crippen LogP contribution in [0.4, 0.5) is 0 Å². The van der Waals surface area contributed by atoms with Crippen LogP contribution in [-0.4, -0.2) is 68.9 Å². The number of rotatable bonds is 9. The molecule has 0 aromatic carbocycles. The zero-order valence-corrected chi connectivity index (χ0v) is 17.4. The molecule has 152 valence electrons. The number of likely N-dealkylation sites (tertiary alicyclic amines) is 1. The zero-order valence-electron chi connectivity index (χ0n) is 16.6. The molecule has 3 heterocycles. The molecule has 3 rings (SSSR count). The summed E-state index contributed by atoms with van der Waals surface area (Å²) in [6.45, 7) is 9.00. The van der Waals surface area contributed by atoms with Crippen molar-refractivity contribution in [1.82, 2.24) is 9.80 Å². The van der Waals surface area contributed by atoms with Gasteiger partial charge >= 0.3 is 5.97 Å². The van der Waals surface area contributed by atoms with Gasteiger partial charge in [0.15, 0.2) is 0 Å². The van der Waals surface area contributed by atoms with Gasteiger partial charge in [-0.05, 0) is 32.9 Å². The van der Waals surface area contributed by atoms with Crippen LogP contribution < -0.4 is 0 Å². The number of hydrogen-bond acceptors (Lipinski definition) is 5. The van der Waals surface area contributed by atoms with E-state index in [0.29, 0.717) is 5.25 Å². The lowest BCUT2D eigenvalue weighted by Gasteiger charge is -2.46. The van der Waals surface area contributed by atoms with Crippen LogP contribution in [0.5, 0.6) is 0 Å². The molecule has 5 atom stereocenters. The van der Waals surface area contributed by atoms with Crippen molar-refractivity contribution in [3.63, 3.8) is 0 Å². The molecule has 0 bridgehead atoms. The third kappa shape index (κ3) is 3.91. The van der Waals surface area contributed by atoms with Crippen LogP contribution in [0.2, 0.25) is 0 Å². The van der Waals surface area contributed by atoms with Gasteiger partial charge in [-0.15, -0.1) is 11.8 Å². The highest BCUT2D eigenvalue weighted by molar-refractivity contribution is 8.03. The summed E-state index contributed by atoms with van der Waals surface area (Å²) in [5.74, 6) is -1.79. The molecule has 2 N–H and O–H groups in total. The number of β-lactam (4-membered cyclic amide) rings is 1. The summed E-state index contributed by atoms with van der Waals surface area (Å²) >= 11 is 1.65. The van der Waals surface area contributed by atoms with Crippen LogP contribution in [0.25, 0.3) is 0 Å². The van der Waals surface area contributed by atoms with Gasteiger partial charge in [0.1, 0.15) is 5.70 Å². The highest BCUT2D eigenvalue weighted by atomic mass is 32.2. The summed E-state index contributed by atoms with van der Waals surface area (Å²) in [7, 11) is 0. The van der Waals surface area contributed by atoms with E-state index in [-0.39, 0.29) is 23.6 Å². The maximum absolute atomic E-state index is 12.4. The standard InChI is InChI=1S/C20H32N2O4S/c1-4-5-6-7-9-21-10-8-14(11-21)27-18-12(2)16-15(13(3)23)19(24)22(16)17(18)20(25)26/h12-16,23H,4-11H2,1-3H3,(H,25,26)/t12-,13-,14-,15-,16-/m1/s1. The molecule has 0 spiro atoms. The Morgan fingerprint density at radius 2 is 2.07 bits per heavy atom. The highest BCUT2D eigenvalue weighted by Gasteiger charge is 2.60. The fourth-order valence-electron chi connectivity index (χ4n) is 4.72. The van der Waals surface area contributed by atoms with Crippen LogP contribution in [0.15, 0.2) is 10.6 Å². The quantitative estimate of drug-likeness (QED) is 0.460. The van der Waals surface area contributed by atoms with Gasteiger partial charge in [-0.3, -0.25) is 4.79 Å². The van der Waals surface area contributed by atoms with Crippen molar-refractivity contribution < 1.29 is 19.8 Å². The molecular formula is C20H32N2O4S. The summed E-state index contributed by atoms with van der Waals surface area (Å²) < 4.78 is 0. The Hall–Kier alpha value is -1.05. The lowest BCUT2D eigenvalue weighted by Crippen LogP contribution is -2.63. The molecule has 27 heavy (non-hydrogen) atoms. The number of thioether (sulfide) groups is 1. The second-order valence-corrected chi connectivity index (χ2v) is 9.50. The topological polar surface area (TPSA) is 81.1 Å². The summed E-state index contributed by atoms with van der Waals surface area (Å²) in [6, 6.07) is -0.211. The second kappa shape index (κ2) is 8.53. The summed E-state index contributed by atoms with van der Waals surface area (Å²) in [5.41, 5.74) is 0.154. The average Bonchev–Trinajstić information content (AvgIpc) is 3.14. The Kier molecular flexibility index (Phi) is 6.54. The van der Waals surface area contributed by atoms with E-state index in [4.69, 9.17) is 0 Å². The number of aliphatic hydroxyl groups excluding tert-OH is 1. The van der Waals surface area contributed by atoms with Crippen molar-refractivity contribution in [3.8, 4) is 0 Å². The maximum atomic E-state index is 12.4. The number of carboxylic acids is 1. The molecule has 0 radical (unpaired) electrons. The van der Waals surface area contributed by atoms with Gasteiger partial charge in [0, 0.05) is 22.6 Å². The van der Waals surface area contributed by atoms with Crippen molar-refractivity contribution in [1.29, 1.82) is 0 Å². The fraction of sp³-hybridized carbons (Fsp3) is 0.800. The third-order valence-electron chi connectivity index (χ3n) is 6.16. The number of carbonyl (C=O) groups is 2. The first-order chi connectivity index (χ1) is 12.9. The molecule has 0 aromatic rings. The lowest BCUT2D eigenvalue weighted by molar-refractivity contribution is -0.163. The Labute approximate surface area is 166 Å². The number of hydrogen-bond donors (Lipinski definition) is 2. The van der Waals surface area contributed by atoms with E-state index in [2.05, 4.69) is 11.8 Å². The first-order valence-electron chi connectivity index (χ1n) is 10.2. The van der Waals surface area contributed by atoms with Crippen molar-refractivity contribution in [2.45, 2.75) is 70.3 Å². The Bertz CT molecular complexity index is 621. The minimum Gasteiger partial charge on any atom is -0.477 e. The van der Waals surface area contributed by atoms with E-state index >= 15 is 0 Å². The number of carbonyl (C=O) groups excluding carboxylic acids is 1. The van der Waals surface area contributed by atoms with Gasteiger partial charge < -0.3 is 20.0 Å². The summed E-state index contributed by atoms with van der Waals surface area (Å²) in [5, 5.41) is 20.0. The van der Waals surface area contributed by atoms with Gasteiger partial charge in [0.25, 0.3) is 0 Å². The van der Waals surface area contributed by atoms with Crippen LogP contribution in [0.3, 0.4) is 0 Å². The number of nitrogens with zero attached hydrogens (tertiary/aromatic N) is 2. The molecule has 2 fully saturated rings. The van der Waals surface area contributed by atoms with Crippen LogP contribution in [0, 0.1) is 11.8 Å². The molecule has 3 aliphatic rings. The molecule has 0 aliphatic carbocycles. The Morgan fingerprint density at radius 3 is 2.70 bits per heavy atom. The number of fused-ring (bicyclic) bond motifs is 1. The van der Waals surface area contributed by atoms with E-state index in [9.17, 15) is 19.8 Å². The summed E-state index contributed by atoms with van der Waals surface area (Å²) in [4.78, 5) is 29.0. The third-order valence-corrected chi connectivity index (χ3v) is 7.70. The first-order valence-corrected chi connectivity index (χ1v) is 11.1.